The number of hydrogen-bond donors (Lipinski definition) is 1. The standard InChI is InChI=1S/C6H12N2O2/c1-3-4-10-6(9)8-5(2)7/h3-4H2,1-2H3,(H2,7,8,9). The highest BCUT2D eigenvalue weighted by atomic mass is 16.5. The summed E-state index contributed by atoms with van der Waals surface area (Å²) in [7, 11) is 0. The van der Waals surface area contributed by atoms with E-state index in [1.165, 1.54) is 6.92 Å². The molecule has 0 aliphatic carbocycles. The van der Waals surface area contributed by atoms with Crippen LogP contribution >= 0.6 is 0 Å². The number of carbonyl (C=O) groups excluding carboxylic acids is 1. The molecule has 0 radical (unpaired) electrons. The van der Waals surface area contributed by atoms with Gasteiger partial charge in [-0.3, -0.25) is 0 Å². The van der Waals surface area contributed by atoms with Gasteiger partial charge < -0.3 is 10.5 Å². The second-order valence-electron chi connectivity index (χ2n) is 1.87. The Labute approximate surface area is 60.1 Å². The number of amides is 1. The van der Waals surface area contributed by atoms with E-state index < -0.39 is 6.09 Å². The van der Waals surface area contributed by atoms with Crippen molar-refractivity contribution in [1.82, 2.24) is 0 Å². The predicted molar refractivity (Wildman–Crippen MR) is 38.9 cm³/mol. The van der Waals surface area contributed by atoms with Crippen molar-refractivity contribution in [2.75, 3.05) is 6.61 Å². The summed E-state index contributed by atoms with van der Waals surface area (Å²) in [6, 6.07) is 0. The van der Waals surface area contributed by atoms with Crippen molar-refractivity contribution in [2.24, 2.45) is 10.7 Å². The molecule has 0 fully saturated rings. The van der Waals surface area contributed by atoms with Gasteiger partial charge in [-0.05, 0) is 13.3 Å². The fourth-order valence-corrected chi connectivity index (χ4v) is 0.366. The second-order valence-corrected chi connectivity index (χ2v) is 1.87. The van der Waals surface area contributed by atoms with Gasteiger partial charge in [0.25, 0.3) is 0 Å². The number of nitrogens with zero attached hydrogens (tertiary/aromatic N) is 1. The number of aliphatic imine (C=N–C) groups is 1. The van der Waals surface area contributed by atoms with E-state index in [2.05, 4.69) is 9.73 Å². The van der Waals surface area contributed by atoms with Crippen LogP contribution in [0.1, 0.15) is 20.3 Å². The van der Waals surface area contributed by atoms with Crippen molar-refractivity contribution in [2.45, 2.75) is 20.3 Å². The number of hydrogen-bond acceptors (Lipinski definition) is 2. The Morgan fingerprint density at radius 3 is 2.70 bits per heavy atom. The number of nitrogens with two attached hydrogens (primary N) is 1. The summed E-state index contributed by atoms with van der Waals surface area (Å²) >= 11 is 0. The summed E-state index contributed by atoms with van der Waals surface area (Å²) in [5, 5.41) is 0. The maximum absolute atomic E-state index is 10.5. The van der Waals surface area contributed by atoms with Gasteiger partial charge in [0.15, 0.2) is 0 Å². The van der Waals surface area contributed by atoms with E-state index in [1.807, 2.05) is 6.92 Å². The highest BCUT2D eigenvalue weighted by molar-refractivity contribution is 5.88. The number of carbonyl (C=O) groups is 1. The Balaban J connectivity index is 3.54. The van der Waals surface area contributed by atoms with Crippen LogP contribution < -0.4 is 5.73 Å². The lowest BCUT2D eigenvalue weighted by molar-refractivity contribution is 0.157. The average molecular weight is 144 g/mol. The summed E-state index contributed by atoms with van der Waals surface area (Å²) in [6.45, 7) is 3.84. The fraction of sp³-hybridized carbons (Fsp3) is 0.667. The minimum Gasteiger partial charge on any atom is -0.448 e. The first-order valence-corrected chi connectivity index (χ1v) is 3.14. The van der Waals surface area contributed by atoms with Gasteiger partial charge in [0.05, 0.1) is 6.61 Å². The van der Waals surface area contributed by atoms with E-state index >= 15 is 0 Å². The van der Waals surface area contributed by atoms with Crippen LogP contribution in [0, 0.1) is 0 Å². The Bertz CT molecular complexity index is 139. The number of amidine groups is 1. The number of rotatable bonds is 2. The molecular formula is C6H12N2O2. The molecule has 0 atom stereocenters. The van der Waals surface area contributed by atoms with Gasteiger partial charge in [0.1, 0.15) is 5.84 Å². The van der Waals surface area contributed by atoms with Crippen LogP contribution in [0.3, 0.4) is 0 Å². The third kappa shape index (κ3) is 5.08. The Kier molecular flexibility index (Phi) is 4.28. The van der Waals surface area contributed by atoms with E-state index in [0.29, 0.717) is 6.61 Å². The van der Waals surface area contributed by atoms with Crippen molar-refractivity contribution < 1.29 is 9.53 Å². The summed E-state index contributed by atoms with van der Waals surface area (Å²) in [6.07, 6.45) is 0.187. The van der Waals surface area contributed by atoms with Crippen LogP contribution in [0.4, 0.5) is 4.79 Å². The molecule has 1 amide bonds. The predicted octanol–water partition coefficient (Wildman–Crippen LogP) is 0.910. The van der Waals surface area contributed by atoms with Crippen LogP contribution in [-0.4, -0.2) is 18.5 Å². The molecule has 0 unspecified atom stereocenters. The zero-order valence-corrected chi connectivity index (χ0v) is 6.26. The topological polar surface area (TPSA) is 64.7 Å². The van der Waals surface area contributed by atoms with Crippen molar-refractivity contribution in [3.05, 3.63) is 0 Å². The SMILES string of the molecule is CCCOC(=O)/N=C(/C)N. The van der Waals surface area contributed by atoms with E-state index in [4.69, 9.17) is 5.73 Å². The molecule has 4 nitrogen and oxygen atoms in total. The molecular weight excluding hydrogens is 132 g/mol. The Morgan fingerprint density at radius 2 is 2.30 bits per heavy atom. The van der Waals surface area contributed by atoms with Crippen LogP contribution in [0.25, 0.3) is 0 Å². The van der Waals surface area contributed by atoms with Crippen LogP contribution in [0.2, 0.25) is 0 Å². The highest BCUT2D eigenvalue weighted by Crippen LogP contribution is 1.85. The molecule has 0 heterocycles. The van der Waals surface area contributed by atoms with Gasteiger partial charge in [-0.15, -0.1) is 0 Å². The van der Waals surface area contributed by atoms with E-state index in [-0.39, 0.29) is 5.84 Å². The van der Waals surface area contributed by atoms with Gasteiger partial charge >= 0.3 is 6.09 Å². The Morgan fingerprint density at radius 1 is 1.70 bits per heavy atom. The lowest BCUT2D eigenvalue weighted by Crippen LogP contribution is -2.10. The zero-order chi connectivity index (χ0) is 7.98. The van der Waals surface area contributed by atoms with E-state index in [9.17, 15) is 4.79 Å². The molecule has 0 rings (SSSR count). The van der Waals surface area contributed by atoms with Crippen molar-refractivity contribution >= 4 is 11.9 Å². The molecule has 0 saturated carbocycles. The molecule has 0 bridgehead atoms. The van der Waals surface area contributed by atoms with Crippen molar-refractivity contribution in [1.29, 1.82) is 0 Å². The first-order chi connectivity index (χ1) is 4.66. The van der Waals surface area contributed by atoms with Crippen molar-refractivity contribution in [3.8, 4) is 0 Å². The van der Waals surface area contributed by atoms with E-state index in [1.54, 1.807) is 0 Å². The van der Waals surface area contributed by atoms with Gasteiger partial charge in [-0.2, -0.15) is 4.99 Å². The van der Waals surface area contributed by atoms with Crippen LogP contribution in [-0.2, 0) is 4.74 Å². The average Bonchev–Trinajstić information content (AvgIpc) is 1.82. The Hall–Kier alpha value is -1.06. The molecule has 0 aromatic rings. The molecule has 2 N–H and O–H groups in total. The summed E-state index contributed by atoms with van der Waals surface area (Å²) in [5.41, 5.74) is 5.11. The summed E-state index contributed by atoms with van der Waals surface area (Å²) in [4.78, 5) is 13.9. The number of ether oxygens (including phenoxy) is 1. The van der Waals surface area contributed by atoms with Crippen LogP contribution in [0.15, 0.2) is 4.99 Å². The van der Waals surface area contributed by atoms with Gasteiger partial charge in [0, 0.05) is 0 Å². The minimum absolute atomic E-state index is 0.223. The quantitative estimate of drug-likeness (QED) is 0.462. The zero-order valence-electron chi connectivity index (χ0n) is 6.26. The normalized spacial score (nSPS) is 11.2. The van der Waals surface area contributed by atoms with Gasteiger partial charge in [-0.1, -0.05) is 6.92 Å². The molecule has 10 heavy (non-hydrogen) atoms. The van der Waals surface area contributed by atoms with Crippen LogP contribution in [0.5, 0.6) is 0 Å². The third-order valence-electron chi connectivity index (χ3n) is 0.697. The smallest absolute Gasteiger partial charge is 0.435 e. The maximum atomic E-state index is 10.5. The first-order valence-electron chi connectivity index (χ1n) is 3.14. The molecule has 0 spiro atoms. The lowest BCUT2D eigenvalue weighted by Gasteiger charge is -1.96. The summed E-state index contributed by atoms with van der Waals surface area (Å²) < 4.78 is 4.60. The largest absolute Gasteiger partial charge is 0.448 e. The highest BCUT2D eigenvalue weighted by Gasteiger charge is 1.96. The monoisotopic (exact) mass is 144 g/mol. The third-order valence-corrected chi connectivity index (χ3v) is 0.697. The first kappa shape index (κ1) is 8.94. The minimum atomic E-state index is -0.609. The fourth-order valence-electron chi connectivity index (χ4n) is 0.366. The van der Waals surface area contributed by atoms with E-state index in [0.717, 1.165) is 6.42 Å². The molecule has 0 aromatic carbocycles. The molecule has 0 aliphatic heterocycles. The van der Waals surface area contributed by atoms with Gasteiger partial charge in [0.2, 0.25) is 0 Å². The summed E-state index contributed by atoms with van der Waals surface area (Å²) in [5.74, 6) is 0.223. The second kappa shape index (κ2) is 4.78. The van der Waals surface area contributed by atoms with Crippen molar-refractivity contribution in [3.63, 3.8) is 0 Å². The lowest BCUT2D eigenvalue weighted by atomic mass is 10.5. The molecule has 58 valence electrons. The molecule has 4 heteroatoms. The molecule has 0 saturated heterocycles. The molecule has 0 aliphatic rings. The maximum Gasteiger partial charge on any atom is 0.435 e. The molecule has 0 aromatic heterocycles. The van der Waals surface area contributed by atoms with Gasteiger partial charge in [-0.25, -0.2) is 4.79 Å².